The predicted octanol–water partition coefficient (Wildman–Crippen LogP) is 6.74. The summed E-state index contributed by atoms with van der Waals surface area (Å²) in [5.41, 5.74) is 12.2. The van der Waals surface area contributed by atoms with Crippen molar-refractivity contribution in [3.63, 3.8) is 0 Å². The van der Waals surface area contributed by atoms with Crippen LogP contribution in [0.15, 0.2) is 84.9 Å². The molecule has 4 aromatic carbocycles. The molecule has 4 heteroatoms. The molecule has 2 aliphatic rings. The van der Waals surface area contributed by atoms with E-state index in [9.17, 15) is 0 Å². The van der Waals surface area contributed by atoms with Crippen molar-refractivity contribution >= 4 is 38.4 Å². The fourth-order valence-corrected chi connectivity index (χ4v) is 31.6. The molecule has 0 unspecified atom stereocenters. The van der Waals surface area contributed by atoms with Crippen LogP contribution in [0.5, 0.6) is 0 Å². The van der Waals surface area contributed by atoms with E-state index in [0.29, 0.717) is 0 Å². The summed E-state index contributed by atoms with van der Waals surface area (Å²) in [5.74, 6) is 0. The van der Waals surface area contributed by atoms with Gasteiger partial charge in [-0.25, -0.2) is 0 Å². The van der Waals surface area contributed by atoms with Gasteiger partial charge in [-0.2, -0.15) is 0 Å². The number of benzene rings is 4. The van der Waals surface area contributed by atoms with Gasteiger partial charge < -0.3 is 0 Å². The summed E-state index contributed by atoms with van der Waals surface area (Å²) in [6, 6.07) is 32.6. The molecule has 6 rings (SSSR count). The van der Waals surface area contributed by atoms with Crippen molar-refractivity contribution in [3.8, 4) is 22.3 Å². The maximum atomic E-state index is 2.53. The minimum Gasteiger partial charge on any atom is -0.147 e. The average Bonchev–Trinajstić information content (AvgIpc) is 3.42. The van der Waals surface area contributed by atoms with Crippen molar-refractivity contribution in [2.75, 3.05) is 0 Å². The second-order valence-corrected chi connectivity index (χ2v) is 46.8. The van der Waals surface area contributed by atoms with Crippen LogP contribution in [0.4, 0.5) is 0 Å². The zero-order chi connectivity index (χ0) is 21.9. The van der Waals surface area contributed by atoms with Gasteiger partial charge in [-0.05, 0) is 0 Å². The van der Waals surface area contributed by atoms with Crippen LogP contribution >= 0.6 is 24.8 Å². The summed E-state index contributed by atoms with van der Waals surface area (Å²) in [7, 11) is 0. The summed E-state index contributed by atoms with van der Waals surface area (Å²) < 4.78 is 6.13. The zero-order valence-corrected chi connectivity index (χ0v) is 26.6. The van der Waals surface area contributed by atoms with Crippen molar-refractivity contribution in [2.45, 2.75) is 35.0 Å². The Morgan fingerprint density at radius 3 is 1.35 bits per heavy atom. The molecule has 174 valence electrons. The maximum Gasteiger partial charge on any atom is -0.147 e. The maximum absolute atomic E-state index is 3.70. The van der Waals surface area contributed by atoms with Gasteiger partial charge in [0, 0.05) is 0 Å². The molecule has 0 fully saturated rings. The standard InChI is InChI=1S/2C13H9.2C2H5.2ClH.Hf.H2Si/c2*1-3-7-12-10(5-1)9-11-6-2-4-8-13(11)12;2*1-2;;;;/h2*1-5,7-8H,9H2;2*1H2,2H3;2*1H;;1H2. The number of fused-ring (bicyclic) bond motifs is 6. The Kier molecular flexibility index (Phi) is 6.94. The molecule has 4 aromatic rings. The Hall–Kier alpha value is -1.45. The number of hydrogen-bond acceptors (Lipinski definition) is 0. The van der Waals surface area contributed by atoms with Crippen LogP contribution in [0.25, 0.3) is 22.3 Å². The third kappa shape index (κ3) is 3.40. The number of hydrogen-bond donors (Lipinski definition) is 0. The second-order valence-electron chi connectivity index (χ2n) is 9.97. The van der Waals surface area contributed by atoms with Crippen molar-refractivity contribution in [3.05, 3.63) is 107 Å². The minimum absolute atomic E-state index is 0. The van der Waals surface area contributed by atoms with Gasteiger partial charge in [-0.1, -0.05) is 0 Å². The third-order valence-electron chi connectivity index (χ3n) is 8.82. The van der Waals surface area contributed by atoms with Gasteiger partial charge in [0.2, 0.25) is 0 Å². The van der Waals surface area contributed by atoms with E-state index in [1.165, 1.54) is 41.7 Å². The van der Waals surface area contributed by atoms with Crippen molar-refractivity contribution < 1.29 is 17.1 Å². The molecule has 0 N–H and O–H groups in total. The predicted molar refractivity (Wildman–Crippen MR) is 153 cm³/mol. The van der Waals surface area contributed by atoms with E-state index >= 15 is 0 Å². The van der Waals surface area contributed by atoms with Crippen LogP contribution in [0.2, 0.25) is 8.35 Å². The van der Waals surface area contributed by atoms with Gasteiger partial charge in [0.1, 0.15) is 0 Å². The Morgan fingerprint density at radius 1 is 0.559 bits per heavy atom. The van der Waals surface area contributed by atoms with E-state index < -0.39 is 17.1 Å². The summed E-state index contributed by atoms with van der Waals surface area (Å²) in [6.07, 6.45) is 2.20. The fourth-order valence-electron chi connectivity index (χ4n) is 6.70. The van der Waals surface area contributed by atoms with E-state index in [2.05, 4.69) is 106 Å². The first-order chi connectivity index (χ1) is 15.6. The Labute approximate surface area is 218 Å². The molecule has 0 bridgehead atoms. The van der Waals surface area contributed by atoms with E-state index in [1.807, 2.05) is 0 Å². The molecular formula is C30H32Cl2HfSi. The van der Waals surface area contributed by atoms with Crippen LogP contribution < -0.4 is 6.64 Å². The first-order valence-corrected chi connectivity index (χ1v) is 29.0. The minimum atomic E-state index is -3.70. The Bertz CT molecular complexity index is 1360. The number of rotatable bonds is 4. The van der Waals surface area contributed by atoms with Gasteiger partial charge in [0.05, 0.1) is 0 Å². The first-order valence-electron chi connectivity index (χ1n) is 12.0. The van der Waals surface area contributed by atoms with Gasteiger partial charge >= 0.3 is 195 Å². The molecule has 0 saturated heterocycles. The summed E-state index contributed by atoms with van der Waals surface area (Å²) in [4.78, 5) is 0. The van der Waals surface area contributed by atoms with Gasteiger partial charge in [0.25, 0.3) is 0 Å². The molecular weight excluding hydrogens is 638 g/mol. The molecule has 0 atom stereocenters. The molecule has 0 aliphatic heterocycles. The molecule has 0 amide bonds. The zero-order valence-electron chi connectivity index (χ0n) is 19.9. The van der Waals surface area contributed by atoms with Crippen LogP contribution in [0, 0.1) is 0 Å². The number of halogens is 2. The van der Waals surface area contributed by atoms with Crippen LogP contribution in [0.3, 0.4) is 0 Å². The Morgan fingerprint density at radius 2 is 0.941 bits per heavy atom. The summed E-state index contributed by atoms with van der Waals surface area (Å²) >= 11 is -3.70. The Balaban J connectivity index is 0.00000137. The van der Waals surface area contributed by atoms with Gasteiger partial charge in [-0.3, -0.25) is 0 Å². The monoisotopic (exact) mass is 670 g/mol. The fraction of sp³-hybridized carbons (Fsp3) is 0.200. The van der Waals surface area contributed by atoms with Crippen molar-refractivity contribution in [1.82, 2.24) is 0 Å². The second kappa shape index (κ2) is 9.21. The molecule has 0 aromatic heterocycles. The third-order valence-corrected chi connectivity index (χ3v) is 49.0. The molecule has 0 heterocycles. The molecule has 0 saturated carbocycles. The summed E-state index contributed by atoms with van der Waals surface area (Å²) in [5, 5.41) is 0. The van der Waals surface area contributed by atoms with E-state index in [-0.39, 0.29) is 24.8 Å². The van der Waals surface area contributed by atoms with Gasteiger partial charge in [-0.15, -0.1) is 24.8 Å². The average molecular weight is 670 g/mol. The molecule has 34 heavy (non-hydrogen) atoms. The van der Waals surface area contributed by atoms with Crippen molar-refractivity contribution in [2.24, 2.45) is 0 Å². The van der Waals surface area contributed by atoms with Crippen LogP contribution in [-0.2, 0) is 30.0 Å². The normalized spacial score (nSPS) is 13.1. The van der Waals surface area contributed by atoms with E-state index in [4.69, 9.17) is 0 Å². The van der Waals surface area contributed by atoms with Crippen LogP contribution in [0.1, 0.15) is 36.1 Å². The van der Waals surface area contributed by atoms with Gasteiger partial charge in [0.15, 0.2) is 0 Å². The topological polar surface area (TPSA) is 0 Å². The summed E-state index contributed by atoms with van der Waals surface area (Å²) in [6.45, 7) is 7.46. The van der Waals surface area contributed by atoms with E-state index in [0.717, 1.165) is 12.8 Å². The molecule has 2 aliphatic carbocycles. The molecule has 0 radical (unpaired) electrons. The smallest absolute Gasteiger partial charge is 0.147 e. The molecule has 0 spiro atoms. The van der Waals surface area contributed by atoms with E-state index in [1.54, 1.807) is 17.8 Å². The SMILES string of the molecule is C[CH2][Hf](=[SiH2])([CH2]C)([c]1cccc2c1Cc1ccccc1-2)[c]1cccc2c1Cc1ccccc1-2.Cl.Cl. The quantitative estimate of drug-likeness (QED) is 0.183. The molecule has 0 nitrogen and oxygen atoms in total. The van der Waals surface area contributed by atoms with Crippen LogP contribution in [-0.4, -0.2) is 6.94 Å². The first kappa shape index (κ1) is 25.6. The largest absolute Gasteiger partial charge is 0.147 e. The van der Waals surface area contributed by atoms with Crippen molar-refractivity contribution in [1.29, 1.82) is 0 Å².